The lowest BCUT2D eigenvalue weighted by Crippen LogP contribution is -2.53. The van der Waals surface area contributed by atoms with E-state index in [1.54, 1.807) is 0 Å². The van der Waals surface area contributed by atoms with Gasteiger partial charge in [-0.25, -0.2) is 0 Å². The van der Waals surface area contributed by atoms with E-state index < -0.39 is 0 Å². The van der Waals surface area contributed by atoms with Crippen LogP contribution in [0.5, 0.6) is 0 Å². The summed E-state index contributed by atoms with van der Waals surface area (Å²) in [6.07, 6.45) is 2.68. The van der Waals surface area contributed by atoms with Crippen LogP contribution in [0.15, 0.2) is 0 Å². The quantitative estimate of drug-likeness (QED) is 0.677. The molecule has 4 nitrogen and oxygen atoms in total. The highest BCUT2D eigenvalue weighted by atomic mass is 16.2. The van der Waals surface area contributed by atoms with Crippen molar-refractivity contribution < 1.29 is 4.79 Å². The summed E-state index contributed by atoms with van der Waals surface area (Å²) < 4.78 is 0. The third-order valence-electron chi connectivity index (χ3n) is 3.13. The predicted octanol–water partition coefficient (Wildman–Crippen LogP) is -0.194. The van der Waals surface area contributed by atoms with Gasteiger partial charge in [-0.05, 0) is 32.2 Å². The SMILES string of the molecule is CC1CN(C(=O)CNCC2CC2)CCN1. The van der Waals surface area contributed by atoms with E-state index in [-0.39, 0.29) is 5.91 Å². The van der Waals surface area contributed by atoms with Gasteiger partial charge in [0, 0.05) is 25.7 Å². The van der Waals surface area contributed by atoms with Crippen LogP contribution in [0.2, 0.25) is 0 Å². The Morgan fingerprint density at radius 2 is 2.33 bits per heavy atom. The number of nitrogens with one attached hydrogen (secondary N) is 2. The van der Waals surface area contributed by atoms with Crippen LogP contribution in [0.3, 0.4) is 0 Å². The van der Waals surface area contributed by atoms with Crippen molar-refractivity contribution in [2.45, 2.75) is 25.8 Å². The van der Waals surface area contributed by atoms with Crippen molar-refractivity contribution in [1.29, 1.82) is 0 Å². The molecule has 1 amide bonds. The molecular formula is C11H21N3O. The Balaban J connectivity index is 1.64. The maximum atomic E-state index is 11.8. The minimum Gasteiger partial charge on any atom is -0.339 e. The van der Waals surface area contributed by atoms with Crippen molar-refractivity contribution in [2.75, 3.05) is 32.7 Å². The van der Waals surface area contributed by atoms with Crippen LogP contribution in [0.4, 0.5) is 0 Å². The molecule has 1 aliphatic carbocycles. The summed E-state index contributed by atoms with van der Waals surface area (Å²) in [6, 6.07) is 0.436. The Labute approximate surface area is 91.4 Å². The Morgan fingerprint density at radius 3 is 3.00 bits per heavy atom. The molecule has 1 heterocycles. The molecule has 0 aromatic carbocycles. The Hall–Kier alpha value is -0.610. The Morgan fingerprint density at radius 1 is 1.53 bits per heavy atom. The molecule has 1 aliphatic heterocycles. The normalized spacial score (nSPS) is 26.7. The molecule has 0 radical (unpaired) electrons. The molecule has 2 rings (SSSR count). The van der Waals surface area contributed by atoms with Crippen molar-refractivity contribution in [2.24, 2.45) is 5.92 Å². The highest BCUT2D eigenvalue weighted by molar-refractivity contribution is 5.78. The average molecular weight is 211 g/mol. The third kappa shape index (κ3) is 3.47. The van der Waals surface area contributed by atoms with Gasteiger partial charge in [-0.15, -0.1) is 0 Å². The summed E-state index contributed by atoms with van der Waals surface area (Å²) in [5.41, 5.74) is 0. The smallest absolute Gasteiger partial charge is 0.236 e. The van der Waals surface area contributed by atoms with Crippen molar-refractivity contribution in [3.63, 3.8) is 0 Å². The van der Waals surface area contributed by atoms with Crippen LogP contribution in [-0.4, -0.2) is 49.6 Å². The van der Waals surface area contributed by atoms with Gasteiger partial charge in [-0.2, -0.15) is 0 Å². The van der Waals surface area contributed by atoms with Gasteiger partial charge in [0.25, 0.3) is 0 Å². The number of amides is 1. The second-order valence-electron chi connectivity index (χ2n) is 4.77. The molecule has 1 atom stereocenters. The van der Waals surface area contributed by atoms with Gasteiger partial charge in [0.15, 0.2) is 0 Å². The first kappa shape index (κ1) is 10.9. The molecule has 2 N–H and O–H groups in total. The Bertz CT molecular complexity index is 228. The lowest BCUT2D eigenvalue weighted by Gasteiger charge is -2.32. The van der Waals surface area contributed by atoms with Crippen molar-refractivity contribution in [3.8, 4) is 0 Å². The monoisotopic (exact) mass is 211 g/mol. The van der Waals surface area contributed by atoms with Crippen molar-refractivity contribution in [1.82, 2.24) is 15.5 Å². The van der Waals surface area contributed by atoms with Crippen LogP contribution in [0.25, 0.3) is 0 Å². The molecule has 1 unspecified atom stereocenters. The average Bonchev–Trinajstić information content (AvgIpc) is 3.01. The maximum absolute atomic E-state index is 11.8. The molecule has 2 fully saturated rings. The van der Waals surface area contributed by atoms with Gasteiger partial charge in [0.2, 0.25) is 5.91 Å². The minimum atomic E-state index is 0.254. The van der Waals surface area contributed by atoms with Gasteiger partial charge in [-0.3, -0.25) is 4.79 Å². The van der Waals surface area contributed by atoms with Crippen LogP contribution < -0.4 is 10.6 Å². The topological polar surface area (TPSA) is 44.4 Å². The van der Waals surface area contributed by atoms with Crippen LogP contribution in [0, 0.1) is 5.92 Å². The highest BCUT2D eigenvalue weighted by Crippen LogP contribution is 2.27. The number of carbonyl (C=O) groups excluding carboxylic acids is 1. The molecule has 1 saturated heterocycles. The lowest BCUT2D eigenvalue weighted by molar-refractivity contribution is -0.131. The molecule has 4 heteroatoms. The maximum Gasteiger partial charge on any atom is 0.236 e. The standard InChI is InChI=1S/C11H21N3O/c1-9-8-14(5-4-13-9)11(15)7-12-6-10-2-3-10/h9-10,12-13H,2-8H2,1H3. The number of carbonyl (C=O) groups is 1. The second kappa shape index (κ2) is 4.94. The van der Waals surface area contributed by atoms with Gasteiger partial charge >= 0.3 is 0 Å². The fraction of sp³-hybridized carbons (Fsp3) is 0.909. The first-order valence-electron chi connectivity index (χ1n) is 5.97. The van der Waals surface area contributed by atoms with Gasteiger partial charge < -0.3 is 15.5 Å². The van der Waals surface area contributed by atoms with Crippen LogP contribution in [0.1, 0.15) is 19.8 Å². The molecule has 1 saturated carbocycles. The number of piperazine rings is 1. The minimum absolute atomic E-state index is 0.254. The van der Waals surface area contributed by atoms with Crippen molar-refractivity contribution >= 4 is 5.91 Å². The largest absolute Gasteiger partial charge is 0.339 e. The highest BCUT2D eigenvalue weighted by Gasteiger charge is 2.23. The molecule has 2 aliphatic rings. The van der Waals surface area contributed by atoms with E-state index in [2.05, 4.69) is 17.6 Å². The second-order valence-corrected chi connectivity index (χ2v) is 4.77. The zero-order valence-corrected chi connectivity index (χ0v) is 9.46. The summed E-state index contributed by atoms with van der Waals surface area (Å²) in [5, 5.41) is 6.58. The first-order chi connectivity index (χ1) is 7.25. The van der Waals surface area contributed by atoms with Gasteiger partial charge in [0.05, 0.1) is 6.54 Å². The predicted molar refractivity (Wildman–Crippen MR) is 59.6 cm³/mol. The lowest BCUT2D eigenvalue weighted by atomic mass is 10.2. The summed E-state index contributed by atoms with van der Waals surface area (Å²) in [5.74, 6) is 1.10. The fourth-order valence-corrected chi connectivity index (χ4v) is 1.98. The van der Waals surface area contributed by atoms with Gasteiger partial charge in [0.1, 0.15) is 0 Å². The number of nitrogens with zero attached hydrogens (tertiary/aromatic N) is 1. The van der Waals surface area contributed by atoms with E-state index in [0.29, 0.717) is 12.6 Å². The fourth-order valence-electron chi connectivity index (χ4n) is 1.98. The third-order valence-corrected chi connectivity index (χ3v) is 3.13. The zero-order valence-electron chi connectivity index (χ0n) is 9.46. The summed E-state index contributed by atoms with van der Waals surface area (Å²) in [4.78, 5) is 13.7. The Kier molecular flexibility index (Phi) is 3.59. The van der Waals surface area contributed by atoms with E-state index in [1.807, 2.05) is 4.90 Å². The van der Waals surface area contributed by atoms with E-state index in [0.717, 1.165) is 32.1 Å². The van der Waals surface area contributed by atoms with Crippen LogP contribution >= 0.6 is 0 Å². The van der Waals surface area contributed by atoms with E-state index in [9.17, 15) is 4.79 Å². The van der Waals surface area contributed by atoms with Crippen LogP contribution in [-0.2, 0) is 4.79 Å². The molecule has 0 aromatic rings. The first-order valence-corrected chi connectivity index (χ1v) is 5.97. The van der Waals surface area contributed by atoms with E-state index >= 15 is 0 Å². The molecule has 0 bridgehead atoms. The molecular weight excluding hydrogens is 190 g/mol. The molecule has 0 spiro atoms. The molecule has 15 heavy (non-hydrogen) atoms. The summed E-state index contributed by atoms with van der Waals surface area (Å²) in [6.45, 7) is 6.29. The summed E-state index contributed by atoms with van der Waals surface area (Å²) >= 11 is 0. The number of hydrogen-bond acceptors (Lipinski definition) is 3. The zero-order chi connectivity index (χ0) is 10.7. The van der Waals surface area contributed by atoms with E-state index in [1.165, 1.54) is 12.8 Å². The van der Waals surface area contributed by atoms with E-state index in [4.69, 9.17) is 0 Å². The number of rotatable bonds is 4. The molecule has 86 valence electrons. The van der Waals surface area contributed by atoms with Crippen molar-refractivity contribution in [3.05, 3.63) is 0 Å². The van der Waals surface area contributed by atoms with Gasteiger partial charge in [-0.1, -0.05) is 0 Å². The number of hydrogen-bond donors (Lipinski definition) is 2. The molecule has 0 aromatic heterocycles. The summed E-state index contributed by atoms with van der Waals surface area (Å²) in [7, 11) is 0.